The number of nitrogens with zero attached hydrogens (tertiary/aromatic N) is 4. The molecule has 0 aliphatic heterocycles. The van der Waals surface area contributed by atoms with Crippen LogP contribution in [-0.2, 0) is 18.6 Å². The SMILES string of the molecule is O=c1[nH]c(CSc2nnc(-c3cccs3)n2-c2ccccc2)nc2sc3c(c12)CCC3. The van der Waals surface area contributed by atoms with Gasteiger partial charge in [0.2, 0.25) is 0 Å². The average molecular weight is 464 g/mol. The van der Waals surface area contributed by atoms with E-state index in [1.165, 1.54) is 22.2 Å². The number of thioether (sulfide) groups is 1. The Kier molecular flexibility index (Phi) is 4.74. The Morgan fingerprint density at radius 3 is 2.84 bits per heavy atom. The molecule has 1 aromatic carbocycles. The summed E-state index contributed by atoms with van der Waals surface area (Å²) in [6, 6.07) is 14.2. The first-order valence-electron chi connectivity index (χ1n) is 9.99. The highest BCUT2D eigenvalue weighted by Crippen LogP contribution is 2.35. The summed E-state index contributed by atoms with van der Waals surface area (Å²) in [6.07, 6.45) is 3.18. The molecule has 0 saturated carbocycles. The number of aryl methyl sites for hydroxylation is 2. The van der Waals surface area contributed by atoms with Crippen LogP contribution in [0, 0.1) is 0 Å². The zero-order valence-corrected chi connectivity index (χ0v) is 18.8. The van der Waals surface area contributed by atoms with Crippen LogP contribution in [0.15, 0.2) is 57.8 Å². The van der Waals surface area contributed by atoms with Crippen molar-refractivity contribution in [3.05, 3.63) is 74.5 Å². The predicted molar refractivity (Wildman–Crippen MR) is 126 cm³/mol. The van der Waals surface area contributed by atoms with Crippen LogP contribution < -0.4 is 5.56 Å². The standard InChI is InChI=1S/C22H17N5OS3/c28-20-18-14-8-4-9-15(14)31-21(18)24-17(23-20)12-30-22-26-25-19(16-10-5-11-29-16)27(22)13-6-2-1-3-7-13/h1-3,5-7,10-11H,4,8-9,12H2,(H,23,24,28). The second kappa shape index (κ2) is 7.74. The lowest BCUT2D eigenvalue weighted by Gasteiger charge is -2.09. The Balaban J connectivity index is 1.36. The molecule has 9 heteroatoms. The lowest BCUT2D eigenvalue weighted by atomic mass is 10.2. The summed E-state index contributed by atoms with van der Waals surface area (Å²) >= 11 is 4.83. The highest BCUT2D eigenvalue weighted by Gasteiger charge is 2.22. The summed E-state index contributed by atoms with van der Waals surface area (Å²) in [4.78, 5) is 23.7. The molecule has 0 atom stereocenters. The Bertz CT molecular complexity index is 1430. The number of hydrogen-bond donors (Lipinski definition) is 1. The van der Waals surface area contributed by atoms with Gasteiger partial charge < -0.3 is 4.98 Å². The van der Waals surface area contributed by atoms with Gasteiger partial charge in [-0.1, -0.05) is 36.0 Å². The van der Waals surface area contributed by atoms with E-state index in [0.29, 0.717) is 11.6 Å². The molecule has 0 radical (unpaired) electrons. The van der Waals surface area contributed by atoms with Gasteiger partial charge in [0.1, 0.15) is 10.7 Å². The lowest BCUT2D eigenvalue weighted by molar-refractivity contribution is 0.883. The smallest absolute Gasteiger partial charge is 0.259 e. The van der Waals surface area contributed by atoms with Crippen molar-refractivity contribution in [2.75, 3.05) is 0 Å². The average Bonchev–Trinajstić information content (AvgIpc) is 3.55. The third-order valence-electron chi connectivity index (χ3n) is 5.35. The maximum atomic E-state index is 12.7. The highest BCUT2D eigenvalue weighted by molar-refractivity contribution is 7.98. The number of aromatic nitrogens is 5. The molecule has 0 amide bonds. The molecule has 1 aliphatic carbocycles. The van der Waals surface area contributed by atoms with Gasteiger partial charge in [0.05, 0.1) is 16.0 Å². The number of rotatable bonds is 5. The minimum atomic E-state index is -0.0243. The van der Waals surface area contributed by atoms with Gasteiger partial charge in [0, 0.05) is 10.6 Å². The largest absolute Gasteiger partial charge is 0.309 e. The van der Waals surface area contributed by atoms with Crippen LogP contribution in [-0.4, -0.2) is 24.7 Å². The monoisotopic (exact) mass is 463 g/mol. The van der Waals surface area contributed by atoms with Gasteiger partial charge in [-0.2, -0.15) is 0 Å². The zero-order valence-electron chi connectivity index (χ0n) is 16.4. The molecule has 0 bridgehead atoms. The van der Waals surface area contributed by atoms with E-state index in [1.54, 1.807) is 22.7 Å². The molecule has 0 spiro atoms. The van der Waals surface area contributed by atoms with Gasteiger partial charge in [-0.05, 0) is 48.4 Å². The van der Waals surface area contributed by atoms with E-state index in [-0.39, 0.29) is 5.56 Å². The van der Waals surface area contributed by atoms with Crippen LogP contribution in [0.4, 0.5) is 0 Å². The summed E-state index contributed by atoms with van der Waals surface area (Å²) in [5.74, 6) is 2.00. The molecule has 5 aromatic rings. The maximum absolute atomic E-state index is 12.7. The van der Waals surface area contributed by atoms with Crippen LogP contribution in [0.1, 0.15) is 22.7 Å². The van der Waals surface area contributed by atoms with Crippen molar-refractivity contribution in [1.82, 2.24) is 24.7 Å². The molecule has 0 unspecified atom stereocenters. The Labute approximate surface area is 190 Å². The predicted octanol–water partition coefficient (Wildman–Crippen LogP) is 5.07. The first kappa shape index (κ1) is 19.0. The summed E-state index contributed by atoms with van der Waals surface area (Å²) in [5.41, 5.74) is 2.19. The van der Waals surface area contributed by atoms with Crippen LogP contribution in [0.25, 0.3) is 26.6 Å². The van der Waals surface area contributed by atoms with E-state index < -0.39 is 0 Å². The number of fused-ring (bicyclic) bond motifs is 3. The maximum Gasteiger partial charge on any atom is 0.259 e. The second-order valence-electron chi connectivity index (χ2n) is 7.29. The molecule has 4 heterocycles. The topological polar surface area (TPSA) is 76.5 Å². The number of thiophene rings is 2. The van der Waals surface area contributed by atoms with Crippen molar-refractivity contribution in [3.8, 4) is 16.4 Å². The molecule has 31 heavy (non-hydrogen) atoms. The molecule has 6 rings (SSSR count). The number of hydrogen-bond acceptors (Lipinski definition) is 7. The van der Waals surface area contributed by atoms with Crippen molar-refractivity contribution in [3.63, 3.8) is 0 Å². The highest BCUT2D eigenvalue weighted by atomic mass is 32.2. The van der Waals surface area contributed by atoms with Crippen LogP contribution in [0.3, 0.4) is 0 Å². The van der Waals surface area contributed by atoms with E-state index in [1.807, 2.05) is 47.8 Å². The van der Waals surface area contributed by atoms with Gasteiger partial charge in [0.15, 0.2) is 11.0 Å². The molecule has 6 nitrogen and oxygen atoms in total. The first-order valence-corrected chi connectivity index (χ1v) is 12.7. The van der Waals surface area contributed by atoms with Crippen molar-refractivity contribution in [2.24, 2.45) is 0 Å². The van der Waals surface area contributed by atoms with Crippen molar-refractivity contribution in [1.29, 1.82) is 0 Å². The van der Waals surface area contributed by atoms with Gasteiger partial charge in [0.25, 0.3) is 5.56 Å². The summed E-state index contributed by atoms with van der Waals surface area (Å²) in [6.45, 7) is 0. The van der Waals surface area contributed by atoms with Gasteiger partial charge >= 0.3 is 0 Å². The van der Waals surface area contributed by atoms with Crippen molar-refractivity contribution < 1.29 is 0 Å². The van der Waals surface area contributed by atoms with Crippen molar-refractivity contribution in [2.45, 2.75) is 30.2 Å². The molecule has 1 aliphatic rings. The molecule has 154 valence electrons. The summed E-state index contributed by atoms with van der Waals surface area (Å²) < 4.78 is 2.06. The number of H-pyrrole nitrogens is 1. The molecule has 0 saturated heterocycles. The van der Waals surface area contributed by atoms with Gasteiger partial charge in [-0.3, -0.25) is 9.36 Å². The third kappa shape index (κ3) is 3.33. The second-order valence-corrected chi connectivity index (χ2v) is 10.3. The van der Waals surface area contributed by atoms with Crippen LogP contribution in [0.5, 0.6) is 0 Å². The first-order chi connectivity index (χ1) is 15.3. The molecule has 4 aromatic heterocycles. The van der Waals surface area contributed by atoms with Gasteiger partial charge in [-0.15, -0.1) is 32.9 Å². The summed E-state index contributed by atoms with van der Waals surface area (Å²) in [7, 11) is 0. The summed E-state index contributed by atoms with van der Waals surface area (Å²) in [5, 5.41) is 12.5. The molecule has 1 N–H and O–H groups in total. The minimum absolute atomic E-state index is 0.0243. The van der Waals surface area contributed by atoms with Gasteiger partial charge in [-0.25, -0.2) is 4.98 Å². The zero-order chi connectivity index (χ0) is 20.8. The van der Waals surface area contributed by atoms with E-state index in [4.69, 9.17) is 4.98 Å². The fraction of sp³-hybridized carbons (Fsp3) is 0.182. The van der Waals surface area contributed by atoms with Crippen LogP contribution >= 0.6 is 34.4 Å². The Hall–Kier alpha value is -2.75. The molecule has 0 fully saturated rings. The minimum Gasteiger partial charge on any atom is -0.309 e. The van der Waals surface area contributed by atoms with E-state index in [0.717, 1.165) is 51.0 Å². The van der Waals surface area contributed by atoms with E-state index in [2.05, 4.69) is 19.7 Å². The molecular weight excluding hydrogens is 446 g/mol. The fourth-order valence-corrected chi connectivity index (χ4v) is 6.79. The third-order valence-corrected chi connectivity index (χ3v) is 8.34. The number of para-hydroxylation sites is 1. The quantitative estimate of drug-likeness (QED) is 0.368. The number of nitrogens with one attached hydrogen (secondary N) is 1. The Morgan fingerprint density at radius 2 is 2.00 bits per heavy atom. The number of benzene rings is 1. The Morgan fingerprint density at radius 1 is 1.10 bits per heavy atom. The lowest BCUT2D eigenvalue weighted by Crippen LogP contribution is -2.11. The number of aromatic amines is 1. The van der Waals surface area contributed by atoms with Crippen LogP contribution in [0.2, 0.25) is 0 Å². The molecular formula is C22H17N5OS3. The van der Waals surface area contributed by atoms with Crippen molar-refractivity contribution >= 4 is 44.7 Å². The van der Waals surface area contributed by atoms with E-state index in [9.17, 15) is 4.79 Å². The fourth-order valence-electron chi connectivity index (χ4n) is 3.99. The normalized spacial score (nSPS) is 13.2. The van der Waals surface area contributed by atoms with E-state index >= 15 is 0 Å².